The fourth-order valence-corrected chi connectivity index (χ4v) is 2.03. The monoisotopic (exact) mass is 291 g/mol. The molecule has 2 rings (SSSR count). The van der Waals surface area contributed by atoms with E-state index in [2.05, 4.69) is 44.6 Å². The first kappa shape index (κ1) is 14.5. The van der Waals surface area contributed by atoms with Crippen molar-refractivity contribution in [2.75, 3.05) is 23.7 Å². The summed E-state index contributed by atoms with van der Waals surface area (Å²) in [5.41, 5.74) is 2.60. The normalized spacial score (nSPS) is 10.3. The third-order valence-electron chi connectivity index (χ3n) is 2.88. The van der Waals surface area contributed by atoms with E-state index in [0.29, 0.717) is 11.9 Å². The first-order valence-corrected chi connectivity index (χ1v) is 7.00. The van der Waals surface area contributed by atoms with E-state index >= 15 is 0 Å². The lowest BCUT2D eigenvalue weighted by molar-refractivity contribution is 0.951. The van der Waals surface area contributed by atoms with Crippen LogP contribution in [0, 0.1) is 6.92 Å². The van der Waals surface area contributed by atoms with Crippen molar-refractivity contribution < 1.29 is 0 Å². The van der Waals surface area contributed by atoms with Crippen LogP contribution in [0.1, 0.15) is 18.1 Å². The van der Waals surface area contributed by atoms with Gasteiger partial charge in [-0.1, -0.05) is 24.3 Å². The van der Waals surface area contributed by atoms with Crippen LogP contribution in [0.3, 0.4) is 0 Å². The van der Waals surface area contributed by atoms with Crippen LogP contribution in [-0.4, -0.2) is 28.0 Å². The van der Waals surface area contributed by atoms with E-state index in [0.717, 1.165) is 19.5 Å². The minimum absolute atomic E-state index is 0.189. The van der Waals surface area contributed by atoms with Gasteiger partial charge in [-0.25, -0.2) is 0 Å². The highest BCUT2D eigenvalue weighted by atomic mass is 35.5. The molecule has 0 aliphatic rings. The molecule has 0 aliphatic heterocycles. The van der Waals surface area contributed by atoms with Gasteiger partial charge in [-0.15, -0.1) is 0 Å². The third-order valence-corrected chi connectivity index (χ3v) is 3.05. The zero-order chi connectivity index (χ0) is 14.4. The molecular weight excluding hydrogens is 274 g/mol. The lowest BCUT2D eigenvalue weighted by atomic mass is 10.1. The standard InChI is InChI=1S/C14H18ClN5/c1-3-16-13-18-12(15)19-14(20-13)17-9-8-11-7-5-4-6-10(11)2/h4-7H,3,8-9H2,1-2H3,(H2,16,17,18,19,20). The first-order valence-electron chi connectivity index (χ1n) is 6.63. The molecule has 2 N–H and O–H groups in total. The van der Waals surface area contributed by atoms with Crippen molar-refractivity contribution in [1.29, 1.82) is 0 Å². The maximum Gasteiger partial charge on any atom is 0.228 e. The third kappa shape index (κ3) is 4.06. The van der Waals surface area contributed by atoms with Crippen LogP contribution in [0.25, 0.3) is 0 Å². The SMILES string of the molecule is CCNc1nc(Cl)nc(NCCc2ccccc2C)n1. The van der Waals surface area contributed by atoms with Gasteiger partial charge in [0, 0.05) is 13.1 Å². The summed E-state index contributed by atoms with van der Waals surface area (Å²) < 4.78 is 0. The second-order valence-electron chi connectivity index (χ2n) is 4.39. The number of nitrogens with zero attached hydrogens (tertiary/aromatic N) is 3. The minimum atomic E-state index is 0.189. The highest BCUT2D eigenvalue weighted by molar-refractivity contribution is 6.28. The largest absolute Gasteiger partial charge is 0.354 e. The van der Waals surface area contributed by atoms with Gasteiger partial charge in [0.25, 0.3) is 0 Å². The Kier molecular flexibility index (Phi) is 5.12. The predicted molar refractivity (Wildman–Crippen MR) is 82.4 cm³/mol. The summed E-state index contributed by atoms with van der Waals surface area (Å²) in [4.78, 5) is 12.3. The second kappa shape index (κ2) is 7.05. The zero-order valence-electron chi connectivity index (χ0n) is 11.7. The van der Waals surface area contributed by atoms with Gasteiger partial charge >= 0.3 is 0 Å². The van der Waals surface area contributed by atoms with Crippen LogP contribution >= 0.6 is 11.6 Å². The number of aromatic nitrogens is 3. The van der Waals surface area contributed by atoms with E-state index in [1.807, 2.05) is 19.1 Å². The quantitative estimate of drug-likeness (QED) is 0.857. The molecule has 0 radical (unpaired) electrons. The Balaban J connectivity index is 1.95. The molecule has 106 valence electrons. The molecule has 0 amide bonds. The summed E-state index contributed by atoms with van der Waals surface area (Å²) in [6.07, 6.45) is 0.909. The first-order chi connectivity index (χ1) is 9.69. The molecule has 6 heteroatoms. The summed E-state index contributed by atoms with van der Waals surface area (Å²) in [5, 5.41) is 6.38. The van der Waals surface area contributed by atoms with Crippen LogP contribution in [0.15, 0.2) is 24.3 Å². The van der Waals surface area contributed by atoms with Crippen LogP contribution in [-0.2, 0) is 6.42 Å². The fourth-order valence-electron chi connectivity index (χ4n) is 1.87. The van der Waals surface area contributed by atoms with Crippen molar-refractivity contribution in [3.63, 3.8) is 0 Å². The van der Waals surface area contributed by atoms with Crippen molar-refractivity contribution >= 4 is 23.5 Å². The molecule has 20 heavy (non-hydrogen) atoms. The highest BCUT2D eigenvalue weighted by Gasteiger charge is 2.04. The lowest BCUT2D eigenvalue weighted by Gasteiger charge is -2.08. The molecule has 5 nitrogen and oxygen atoms in total. The van der Waals surface area contributed by atoms with Gasteiger partial charge in [0.05, 0.1) is 0 Å². The Bertz CT molecular complexity index is 573. The van der Waals surface area contributed by atoms with Gasteiger partial charge in [-0.2, -0.15) is 15.0 Å². The van der Waals surface area contributed by atoms with Gasteiger partial charge in [0.2, 0.25) is 17.2 Å². The lowest BCUT2D eigenvalue weighted by Crippen LogP contribution is -2.11. The van der Waals surface area contributed by atoms with Gasteiger partial charge < -0.3 is 10.6 Å². The van der Waals surface area contributed by atoms with Crippen molar-refractivity contribution in [2.45, 2.75) is 20.3 Å². The Morgan fingerprint density at radius 3 is 2.45 bits per heavy atom. The molecule has 2 aromatic rings. The summed E-state index contributed by atoms with van der Waals surface area (Å²) >= 11 is 5.86. The number of benzene rings is 1. The van der Waals surface area contributed by atoms with Crippen molar-refractivity contribution in [1.82, 2.24) is 15.0 Å². The van der Waals surface area contributed by atoms with Gasteiger partial charge in [0.15, 0.2) is 0 Å². The molecule has 0 saturated carbocycles. The number of hydrogen-bond donors (Lipinski definition) is 2. The van der Waals surface area contributed by atoms with E-state index in [-0.39, 0.29) is 5.28 Å². The number of halogens is 1. The molecule has 0 spiro atoms. The number of aryl methyl sites for hydroxylation is 1. The smallest absolute Gasteiger partial charge is 0.228 e. The van der Waals surface area contributed by atoms with Crippen LogP contribution in [0.5, 0.6) is 0 Å². The average Bonchev–Trinajstić information content (AvgIpc) is 2.41. The molecule has 0 atom stereocenters. The molecule has 1 heterocycles. The summed E-state index contributed by atoms with van der Waals surface area (Å²) in [6.45, 7) is 5.57. The topological polar surface area (TPSA) is 62.7 Å². The molecule has 1 aromatic heterocycles. The van der Waals surface area contributed by atoms with E-state index in [9.17, 15) is 0 Å². The van der Waals surface area contributed by atoms with Crippen molar-refractivity contribution in [2.24, 2.45) is 0 Å². The average molecular weight is 292 g/mol. The van der Waals surface area contributed by atoms with Crippen LogP contribution < -0.4 is 10.6 Å². The molecule has 1 aromatic carbocycles. The Morgan fingerprint density at radius 1 is 1.05 bits per heavy atom. The molecule has 0 bridgehead atoms. The van der Waals surface area contributed by atoms with Gasteiger partial charge in [-0.05, 0) is 43.0 Å². The maximum atomic E-state index is 5.86. The minimum Gasteiger partial charge on any atom is -0.354 e. The summed E-state index contributed by atoms with van der Waals surface area (Å²) in [7, 11) is 0. The number of nitrogens with one attached hydrogen (secondary N) is 2. The molecule has 0 saturated heterocycles. The van der Waals surface area contributed by atoms with E-state index < -0.39 is 0 Å². The number of anilines is 2. The van der Waals surface area contributed by atoms with Gasteiger partial charge in [0.1, 0.15) is 0 Å². The summed E-state index contributed by atoms with van der Waals surface area (Å²) in [6, 6.07) is 8.33. The van der Waals surface area contributed by atoms with E-state index in [1.165, 1.54) is 11.1 Å². The maximum absolute atomic E-state index is 5.86. The Hall–Kier alpha value is -1.88. The van der Waals surface area contributed by atoms with E-state index in [1.54, 1.807) is 0 Å². The Labute approximate surface area is 123 Å². The van der Waals surface area contributed by atoms with Crippen LogP contribution in [0.2, 0.25) is 5.28 Å². The number of hydrogen-bond acceptors (Lipinski definition) is 5. The van der Waals surface area contributed by atoms with E-state index in [4.69, 9.17) is 11.6 Å². The Morgan fingerprint density at radius 2 is 1.75 bits per heavy atom. The second-order valence-corrected chi connectivity index (χ2v) is 4.72. The van der Waals surface area contributed by atoms with Crippen molar-refractivity contribution in [3.05, 3.63) is 40.7 Å². The highest BCUT2D eigenvalue weighted by Crippen LogP contribution is 2.11. The van der Waals surface area contributed by atoms with Gasteiger partial charge in [-0.3, -0.25) is 0 Å². The summed E-state index contributed by atoms with van der Waals surface area (Å²) in [5.74, 6) is 0.987. The number of rotatable bonds is 6. The fraction of sp³-hybridized carbons (Fsp3) is 0.357. The molecule has 0 aliphatic carbocycles. The predicted octanol–water partition coefficient (Wildman–Crippen LogP) is 2.92. The van der Waals surface area contributed by atoms with Crippen LogP contribution in [0.4, 0.5) is 11.9 Å². The zero-order valence-corrected chi connectivity index (χ0v) is 12.4. The van der Waals surface area contributed by atoms with Crippen molar-refractivity contribution in [3.8, 4) is 0 Å². The molecule has 0 unspecified atom stereocenters. The molecular formula is C14H18ClN5. The molecule has 0 fully saturated rings.